The second kappa shape index (κ2) is 6.33. The highest BCUT2D eigenvalue weighted by molar-refractivity contribution is 9.10. The Morgan fingerprint density at radius 1 is 1.33 bits per heavy atom. The molecule has 0 aliphatic heterocycles. The number of rotatable bonds is 3. The average molecular weight is 362 g/mol. The third kappa shape index (κ3) is 4.92. The van der Waals surface area contributed by atoms with E-state index < -0.39 is 17.8 Å². The molecule has 0 spiro atoms. The maximum absolute atomic E-state index is 11.8. The lowest BCUT2D eigenvalue weighted by Crippen LogP contribution is -2.31. The van der Waals surface area contributed by atoms with Gasteiger partial charge in [-0.05, 0) is 50.5 Å². The maximum Gasteiger partial charge on any atom is 0.412 e. The third-order valence-corrected chi connectivity index (χ3v) is 2.76. The van der Waals surface area contributed by atoms with Crippen LogP contribution in [-0.2, 0) is 4.74 Å². The summed E-state index contributed by atoms with van der Waals surface area (Å²) in [6.45, 7) is 8.80. The molecule has 0 saturated carbocycles. The van der Waals surface area contributed by atoms with Crippen LogP contribution >= 0.6 is 15.9 Å². The van der Waals surface area contributed by atoms with E-state index in [0.29, 0.717) is 0 Å². The van der Waals surface area contributed by atoms with Gasteiger partial charge in [-0.2, -0.15) is 5.10 Å². The lowest BCUT2D eigenvalue weighted by molar-refractivity contribution is -0.242. The van der Waals surface area contributed by atoms with Gasteiger partial charge >= 0.3 is 6.09 Å². The van der Waals surface area contributed by atoms with E-state index in [-0.39, 0.29) is 22.2 Å². The molecule has 2 N–H and O–H groups in total. The number of hydrogen-bond donors (Lipinski definition) is 2. The molecule has 1 aromatic rings. The van der Waals surface area contributed by atoms with Gasteiger partial charge in [0.2, 0.25) is 0 Å². The van der Waals surface area contributed by atoms with Gasteiger partial charge in [0.05, 0.1) is 0 Å². The second-order valence-corrected chi connectivity index (χ2v) is 6.34. The number of aromatic nitrogens is 2. The van der Waals surface area contributed by atoms with E-state index in [1.54, 1.807) is 20.8 Å². The highest BCUT2D eigenvalue weighted by Gasteiger charge is 2.23. The summed E-state index contributed by atoms with van der Waals surface area (Å²) in [4.78, 5) is 22.6. The molecule has 118 valence electrons. The molecule has 0 fully saturated rings. The minimum absolute atomic E-state index is 0.0998. The first-order valence-corrected chi connectivity index (χ1v) is 7.06. The molecule has 0 unspecified atom stereocenters. The zero-order valence-corrected chi connectivity index (χ0v) is 14.1. The number of carbonyl (C=O) groups excluding carboxylic acids is 2. The zero-order chi connectivity index (χ0) is 16.4. The highest BCUT2D eigenvalue weighted by Crippen LogP contribution is 2.33. The van der Waals surface area contributed by atoms with Gasteiger partial charge in [0.1, 0.15) is 17.4 Å². The first-order chi connectivity index (χ1) is 9.51. The van der Waals surface area contributed by atoms with Crippen molar-refractivity contribution >= 4 is 39.6 Å². The molecule has 0 radical (unpaired) electrons. The van der Waals surface area contributed by atoms with Crippen LogP contribution in [-0.4, -0.2) is 27.6 Å². The summed E-state index contributed by atoms with van der Waals surface area (Å²) >= 11 is 3.18. The monoisotopic (exact) mass is 361 g/mol. The van der Waals surface area contributed by atoms with E-state index >= 15 is 0 Å². The smallest absolute Gasteiger partial charge is 0.412 e. The summed E-state index contributed by atoms with van der Waals surface area (Å²) in [6.07, 6.45) is -2.22. The van der Waals surface area contributed by atoms with Gasteiger partial charge in [-0.3, -0.25) is 5.32 Å². The first kappa shape index (κ1) is 17.3. The molecule has 0 aromatic carbocycles. The summed E-state index contributed by atoms with van der Waals surface area (Å²) in [7, 11) is 0. The van der Waals surface area contributed by atoms with E-state index in [9.17, 15) is 14.7 Å². The third-order valence-electron chi connectivity index (χ3n) is 2.20. The standard InChI is InChI=1S/C12H19BrN4O4/c1-6(2)17-9(15-10(18)19)7(8(13)16-17)14-11(20)21-12(3,4)5/h6,15H,1-5H3,(H,14,20)(H,18,19)/p-1. The quantitative estimate of drug-likeness (QED) is 0.858. The van der Waals surface area contributed by atoms with E-state index in [0.717, 1.165) is 0 Å². The predicted octanol–water partition coefficient (Wildman–Crippen LogP) is 2.33. The lowest BCUT2D eigenvalue weighted by atomic mass is 10.2. The molecule has 9 heteroatoms. The first-order valence-electron chi connectivity index (χ1n) is 6.27. The van der Waals surface area contributed by atoms with Crippen molar-refractivity contribution in [3.8, 4) is 0 Å². The Hall–Kier alpha value is -1.77. The van der Waals surface area contributed by atoms with Crippen molar-refractivity contribution in [2.75, 3.05) is 10.6 Å². The molecule has 1 heterocycles. The summed E-state index contributed by atoms with van der Waals surface area (Å²) in [5.41, 5.74) is -0.505. The molecule has 0 saturated heterocycles. The van der Waals surface area contributed by atoms with Crippen LogP contribution in [0.3, 0.4) is 0 Å². The summed E-state index contributed by atoms with van der Waals surface area (Å²) in [5, 5.41) is 19.5. The molecule has 1 rings (SSSR count). The Bertz CT molecular complexity index is 548. The van der Waals surface area contributed by atoms with Gasteiger partial charge in [0.15, 0.2) is 10.4 Å². The number of hydrogen-bond acceptors (Lipinski definition) is 5. The minimum atomic E-state index is -1.50. The number of anilines is 2. The topological polar surface area (TPSA) is 108 Å². The fourth-order valence-electron chi connectivity index (χ4n) is 1.51. The van der Waals surface area contributed by atoms with Crippen molar-refractivity contribution in [2.24, 2.45) is 0 Å². The van der Waals surface area contributed by atoms with Gasteiger partial charge in [0, 0.05) is 6.04 Å². The maximum atomic E-state index is 11.8. The van der Waals surface area contributed by atoms with Crippen molar-refractivity contribution in [2.45, 2.75) is 46.3 Å². The Morgan fingerprint density at radius 3 is 2.33 bits per heavy atom. The largest absolute Gasteiger partial charge is 0.530 e. The van der Waals surface area contributed by atoms with Gasteiger partial charge in [-0.1, -0.05) is 0 Å². The molecule has 8 nitrogen and oxygen atoms in total. The van der Waals surface area contributed by atoms with Gasteiger partial charge in [-0.25, -0.2) is 9.48 Å². The average Bonchev–Trinajstić information content (AvgIpc) is 2.54. The van der Waals surface area contributed by atoms with Crippen molar-refractivity contribution in [1.82, 2.24) is 9.78 Å². The van der Waals surface area contributed by atoms with Gasteiger partial charge in [-0.15, -0.1) is 0 Å². The minimum Gasteiger partial charge on any atom is -0.530 e. The van der Waals surface area contributed by atoms with E-state index in [1.165, 1.54) is 4.68 Å². The second-order valence-electron chi connectivity index (χ2n) is 5.59. The zero-order valence-electron chi connectivity index (χ0n) is 12.5. The molecular formula is C12H18BrN4O4-. The molecule has 0 aliphatic rings. The van der Waals surface area contributed by atoms with Crippen molar-refractivity contribution in [3.05, 3.63) is 4.60 Å². The number of carboxylic acid groups (broad SMARTS) is 1. The van der Waals surface area contributed by atoms with Crippen LogP contribution in [0.1, 0.15) is 40.7 Å². The van der Waals surface area contributed by atoms with E-state index in [4.69, 9.17) is 4.74 Å². The van der Waals surface area contributed by atoms with Crippen molar-refractivity contribution in [3.63, 3.8) is 0 Å². The molecule has 0 aliphatic carbocycles. The summed E-state index contributed by atoms with van der Waals surface area (Å²) in [6, 6.07) is -0.127. The van der Waals surface area contributed by atoms with Crippen molar-refractivity contribution in [1.29, 1.82) is 0 Å². The summed E-state index contributed by atoms with van der Waals surface area (Å²) < 4.78 is 6.82. The van der Waals surface area contributed by atoms with Crippen LogP contribution < -0.4 is 15.7 Å². The van der Waals surface area contributed by atoms with Crippen LogP contribution in [0.25, 0.3) is 0 Å². The van der Waals surface area contributed by atoms with Crippen LogP contribution in [0.15, 0.2) is 4.60 Å². The van der Waals surface area contributed by atoms with Crippen LogP contribution in [0.4, 0.5) is 21.1 Å². The number of ether oxygens (including phenoxy) is 1. The fraction of sp³-hybridized carbons (Fsp3) is 0.583. The Morgan fingerprint density at radius 2 is 1.90 bits per heavy atom. The van der Waals surface area contributed by atoms with Crippen LogP contribution in [0, 0.1) is 0 Å². The van der Waals surface area contributed by atoms with Crippen LogP contribution in [0.5, 0.6) is 0 Å². The molecule has 2 amide bonds. The van der Waals surface area contributed by atoms with Crippen LogP contribution in [0.2, 0.25) is 0 Å². The normalized spacial score (nSPS) is 11.4. The van der Waals surface area contributed by atoms with Crippen molar-refractivity contribution < 1.29 is 19.4 Å². The molecular weight excluding hydrogens is 344 g/mol. The molecule has 0 atom stereocenters. The number of amides is 2. The number of nitrogens with one attached hydrogen (secondary N) is 2. The van der Waals surface area contributed by atoms with E-state index in [2.05, 4.69) is 31.7 Å². The SMILES string of the molecule is CC(C)n1nc(Br)c(NC(=O)OC(C)(C)C)c1NC(=O)[O-]. The Kier molecular flexibility index (Phi) is 5.21. The molecule has 1 aromatic heterocycles. The summed E-state index contributed by atoms with van der Waals surface area (Å²) in [5.74, 6) is 0.0998. The molecule has 21 heavy (non-hydrogen) atoms. The lowest BCUT2D eigenvalue weighted by Gasteiger charge is -2.20. The highest BCUT2D eigenvalue weighted by atomic mass is 79.9. The number of carbonyl (C=O) groups is 2. The van der Waals surface area contributed by atoms with E-state index in [1.807, 2.05) is 13.8 Å². The Labute approximate surface area is 131 Å². The van der Waals surface area contributed by atoms with Gasteiger partial charge < -0.3 is 20.0 Å². The molecule has 0 bridgehead atoms. The predicted molar refractivity (Wildman–Crippen MR) is 79.2 cm³/mol. The number of halogens is 1. The number of nitrogens with zero attached hydrogens (tertiary/aromatic N) is 2. The van der Waals surface area contributed by atoms with Gasteiger partial charge in [0.25, 0.3) is 0 Å². The Balaban J connectivity index is 3.10. The fourth-order valence-corrected chi connectivity index (χ4v) is 1.97.